The van der Waals surface area contributed by atoms with Crippen LogP contribution in [0, 0.1) is 6.92 Å². The molecular formula is C20H29F3N4O. The van der Waals surface area contributed by atoms with Crippen LogP contribution in [0.1, 0.15) is 30.6 Å². The normalized spacial score (nSPS) is 24.6. The van der Waals surface area contributed by atoms with E-state index in [9.17, 15) is 13.2 Å². The fraction of sp³-hybridized carbons (Fsp3) is 0.650. The molecule has 2 saturated heterocycles. The van der Waals surface area contributed by atoms with Crippen molar-refractivity contribution in [2.45, 2.75) is 38.6 Å². The number of likely N-dealkylation sites (tertiary alicyclic amines) is 1. The number of nitrogens with one attached hydrogen (secondary N) is 1. The molecule has 0 spiro atoms. The van der Waals surface area contributed by atoms with Gasteiger partial charge in [-0.25, -0.2) is 0 Å². The molecule has 2 aliphatic heterocycles. The Morgan fingerprint density at radius 3 is 2.75 bits per heavy atom. The third-order valence-corrected chi connectivity index (χ3v) is 5.22. The predicted octanol–water partition coefficient (Wildman–Crippen LogP) is 2.97. The van der Waals surface area contributed by atoms with Crippen LogP contribution in [-0.4, -0.2) is 73.9 Å². The summed E-state index contributed by atoms with van der Waals surface area (Å²) in [6.45, 7) is 6.62. The molecule has 28 heavy (non-hydrogen) atoms. The van der Waals surface area contributed by atoms with Gasteiger partial charge in [-0.05, 0) is 31.4 Å². The van der Waals surface area contributed by atoms with E-state index in [0.717, 1.165) is 5.96 Å². The van der Waals surface area contributed by atoms with E-state index >= 15 is 0 Å². The van der Waals surface area contributed by atoms with E-state index in [0.29, 0.717) is 45.8 Å². The van der Waals surface area contributed by atoms with Crippen molar-refractivity contribution in [1.29, 1.82) is 0 Å². The van der Waals surface area contributed by atoms with Crippen LogP contribution in [0.5, 0.6) is 0 Å². The highest BCUT2D eigenvalue weighted by molar-refractivity contribution is 5.80. The Morgan fingerprint density at radius 2 is 2.04 bits per heavy atom. The molecule has 1 aromatic rings. The molecule has 1 N–H and O–H groups in total. The molecule has 0 bridgehead atoms. The van der Waals surface area contributed by atoms with E-state index in [1.165, 1.54) is 16.0 Å². The third-order valence-electron chi connectivity index (χ3n) is 5.22. The van der Waals surface area contributed by atoms with E-state index in [2.05, 4.69) is 34.3 Å². The van der Waals surface area contributed by atoms with Crippen molar-refractivity contribution in [3.8, 4) is 0 Å². The monoisotopic (exact) mass is 398 g/mol. The Balaban J connectivity index is 1.62. The lowest BCUT2D eigenvalue weighted by Crippen LogP contribution is -2.51. The summed E-state index contributed by atoms with van der Waals surface area (Å²) in [6, 6.07) is 8.16. The van der Waals surface area contributed by atoms with Crippen molar-refractivity contribution in [3.05, 3.63) is 35.4 Å². The van der Waals surface area contributed by atoms with Gasteiger partial charge in [0.2, 0.25) is 0 Å². The predicted molar refractivity (Wildman–Crippen MR) is 103 cm³/mol. The van der Waals surface area contributed by atoms with E-state index in [4.69, 9.17) is 4.74 Å². The number of nitrogens with zero attached hydrogens (tertiary/aromatic N) is 3. The molecule has 0 aliphatic carbocycles. The van der Waals surface area contributed by atoms with Gasteiger partial charge in [-0.2, -0.15) is 13.2 Å². The summed E-state index contributed by atoms with van der Waals surface area (Å²) in [7, 11) is 0. The summed E-state index contributed by atoms with van der Waals surface area (Å²) >= 11 is 0. The van der Waals surface area contributed by atoms with Crippen molar-refractivity contribution < 1.29 is 17.9 Å². The van der Waals surface area contributed by atoms with Crippen LogP contribution in [0.2, 0.25) is 0 Å². The summed E-state index contributed by atoms with van der Waals surface area (Å²) in [5.41, 5.74) is 2.36. The zero-order chi connectivity index (χ0) is 20.1. The minimum Gasteiger partial charge on any atom is -0.370 e. The standard InChI is InChI=1S/C20H29F3N4O/c1-3-24-19(25-16-8-9-26(12-16)14-20(21,22)23)27-10-11-28-18(13-27)17-7-5-4-6-15(17)2/h4-7,16,18H,3,8-14H2,1-2H3,(H,24,25). The molecule has 2 heterocycles. The number of aliphatic imine (C=N–C) groups is 1. The van der Waals surface area contributed by atoms with Crippen LogP contribution in [0.3, 0.4) is 0 Å². The van der Waals surface area contributed by atoms with Crippen molar-refractivity contribution in [3.63, 3.8) is 0 Å². The number of rotatable bonds is 4. The van der Waals surface area contributed by atoms with Crippen LogP contribution in [0.4, 0.5) is 13.2 Å². The first kappa shape index (κ1) is 20.9. The maximum Gasteiger partial charge on any atom is 0.401 e. The van der Waals surface area contributed by atoms with Gasteiger partial charge in [0, 0.05) is 32.2 Å². The molecule has 0 aromatic heterocycles. The number of halogens is 3. The Labute approximate surface area is 164 Å². The highest BCUT2D eigenvalue weighted by Gasteiger charge is 2.35. The summed E-state index contributed by atoms with van der Waals surface area (Å²) in [4.78, 5) is 8.21. The number of guanidine groups is 1. The molecule has 0 amide bonds. The molecule has 8 heteroatoms. The first-order chi connectivity index (χ1) is 13.4. The minimum atomic E-state index is -4.15. The lowest BCUT2D eigenvalue weighted by atomic mass is 10.0. The molecule has 2 atom stereocenters. The molecule has 0 saturated carbocycles. The van der Waals surface area contributed by atoms with Gasteiger partial charge in [-0.1, -0.05) is 24.3 Å². The molecule has 2 unspecified atom stereocenters. The second kappa shape index (κ2) is 9.13. The Morgan fingerprint density at radius 1 is 1.25 bits per heavy atom. The van der Waals surface area contributed by atoms with Crippen LogP contribution in [0.15, 0.2) is 29.3 Å². The lowest BCUT2D eigenvalue weighted by Gasteiger charge is -2.36. The van der Waals surface area contributed by atoms with Crippen LogP contribution in [-0.2, 0) is 4.74 Å². The molecular weight excluding hydrogens is 369 g/mol. The van der Waals surface area contributed by atoms with Gasteiger partial charge in [0.05, 0.1) is 19.7 Å². The van der Waals surface area contributed by atoms with Gasteiger partial charge in [0.15, 0.2) is 5.96 Å². The molecule has 156 valence electrons. The largest absolute Gasteiger partial charge is 0.401 e. The first-order valence-electron chi connectivity index (χ1n) is 9.88. The van der Waals surface area contributed by atoms with Crippen molar-refractivity contribution in [1.82, 2.24) is 15.1 Å². The quantitative estimate of drug-likeness (QED) is 0.625. The maximum atomic E-state index is 12.6. The van der Waals surface area contributed by atoms with E-state index in [1.807, 2.05) is 19.1 Å². The van der Waals surface area contributed by atoms with Crippen molar-refractivity contribution in [2.75, 3.05) is 45.9 Å². The number of aryl methyl sites for hydroxylation is 1. The lowest BCUT2D eigenvalue weighted by molar-refractivity contribution is -0.143. The average Bonchev–Trinajstić information content (AvgIpc) is 3.07. The third kappa shape index (κ3) is 5.61. The maximum absolute atomic E-state index is 12.6. The topological polar surface area (TPSA) is 40.1 Å². The Kier molecular flexibility index (Phi) is 6.82. The highest BCUT2D eigenvalue weighted by atomic mass is 19.4. The summed E-state index contributed by atoms with van der Waals surface area (Å²) in [6.07, 6.45) is -3.51. The van der Waals surface area contributed by atoms with E-state index < -0.39 is 12.7 Å². The van der Waals surface area contributed by atoms with Gasteiger partial charge in [-0.3, -0.25) is 9.89 Å². The fourth-order valence-corrected chi connectivity index (χ4v) is 3.89. The van der Waals surface area contributed by atoms with Gasteiger partial charge in [-0.15, -0.1) is 0 Å². The molecule has 2 aliphatic rings. The molecule has 5 nitrogen and oxygen atoms in total. The summed E-state index contributed by atoms with van der Waals surface area (Å²) in [5, 5.41) is 3.40. The Bertz CT molecular complexity index is 680. The number of morpholine rings is 1. The van der Waals surface area contributed by atoms with Crippen molar-refractivity contribution >= 4 is 5.96 Å². The van der Waals surface area contributed by atoms with Crippen LogP contribution < -0.4 is 5.32 Å². The van der Waals surface area contributed by atoms with Crippen LogP contribution in [0.25, 0.3) is 0 Å². The second-order valence-corrected chi connectivity index (χ2v) is 7.44. The number of ether oxygens (including phenoxy) is 1. The summed E-state index contributed by atoms with van der Waals surface area (Å²) in [5.74, 6) is 0.767. The van der Waals surface area contributed by atoms with Crippen LogP contribution >= 0.6 is 0 Å². The SMILES string of the molecule is CCN=C(NC1CCN(CC(F)(F)F)C1)N1CCOC(c2ccccc2C)C1. The van der Waals surface area contributed by atoms with Gasteiger partial charge >= 0.3 is 6.18 Å². The zero-order valence-corrected chi connectivity index (χ0v) is 16.5. The molecule has 1 aromatic carbocycles. The van der Waals surface area contributed by atoms with Gasteiger partial charge in [0.25, 0.3) is 0 Å². The fourth-order valence-electron chi connectivity index (χ4n) is 3.89. The number of alkyl halides is 3. The molecule has 3 rings (SSSR count). The van der Waals surface area contributed by atoms with E-state index in [-0.39, 0.29) is 12.1 Å². The number of hydrogen-bond acceptors (Lipinski definition) is 3. The second-order valence-electron chi connectivity index (χ2n) is 7.44. The van der Waals surface area contributed by atoms with Gasteiger partial charge in [0.1, 0.15) is 6.10 Å². The zero-order valence-electron chi connectivity index (χ0n) is 16.5. The smallest absolute Gasteiger partial charge is 0.370 e. The summed E-state index contributed by atoms with van der Waals surface area (Å²) < 4.78 is 43.9. The Hall–Kier alpha value is -1.80. The molecule has 0 radical (unpaired) electrons. The average molecular weight is 398 g/mol. The first-order valence-corrected chi connectivity index (χ1v) is 9.88. The number of hydrogen-bond donors (Lipinski definition) is 1. The van der Waals surface area contributed by atoms with E-state index in [1.54, 1.807) is 0 Å². The number of benzene rings is 1. The van der Waals surface area contributed by atoms with Crippen molar-refractivity contribution in [2.24, 2.45) is 4.99 Å². The minimum absolute atomic E-state index is 0.0209. The molecule has 2 fully saturated rings. The van der Waals surface area contributed by atoms with Gasteiger partial charge < -0.3 is 15.0 Å². The highest BCUT2D eigenvalue weighted by Crippen LogP contribution is 2.25.